The van der Waals surface area contributed by atoms with E-state index in [9.17, 15) is 4.39 Å². The molecule has 26 heavy (non-hydrogen) atoms. The molecule has 1 aliphatic heterocycles. The van der Waals surface area contributed by atoms with Gasteiger partial charge in [-0.05, 0) is 31.3 Å². The molecule has 7 heteroatoms. The zero-order valence-electron chi connectivity index (χ0n) is 14.6. The van der Waals surface area contributed by atoms with Gasteiger partial charge in [-0.2, -0.15) is 4.98 Å². The van der Waals surface area contributed by atoms with Crippen LogP contribution < -0.4 is 5.32 Å². The van der Waals surface area contributed by atoms with Crippen molar-refractivity contribution in [3.05, 3.63) is 59.7 Å². The van der Waals surface area contributed by atoms with Crippen LogP contribution >= 0.6 is 0 Å². The maximum atomic E-state index is 13.8. The SMILES string of the molecule is CN1CCNCC1c1noc(CCc2ccc(-c3ccccc3F)o2)n1. The Morgan fingerprint density at radius 2 is 2.12 bits per heavy atom. The highest BCUT2D eigenvalue weighted by Gasteiger charge is 2.25. The molecule has 0 aliphatic carbocycles. The van der Waals surface area contributed by atoms with Gasteiger partial charge in [0.2, 0.25) is 5.89 Å². The number of nitrogens with one attached hydrogen (secondary N) is 1. The van der Waals surface area contributed by atoms with Crippen molar-refractivity contribution in [3.63, 3.8) is 0 Å². The summed E-state index contributed by atoms with van der Waals surface area (Å²) in [6.45, 7) is 2.75. The van der Waals surface area contributed by atoms with Crippen molar-refractivity contribution in [2.45, 2.75) is 18.9 Å². The first-order valence-electron chi connectivity index (χ1n) is 8.78. The second-order valence-electron chi connectivity index (χ2n) is 6.49. The molecule has 1 atom stereocenters. The first-order valence-corrected chi connectivity index (χ1v) is 8.78. The van der Waals surface area contributed by atoms with E-state index in [4.69, 9.17) is 8.94 Å². The monoisotopic (exact) mass is 356 g/mol. The lowest BCUT2D eigenvalue weighted by Gasteiger charge is -2.30. The van der Waals surface area contributed by atoms with Crippen LogP contribution in [0.2, 0.25) is 0 Å². The average Bonchev–Trinajstić information content (AvgIpc) is 3.30. The maximum absolute atomic E-state index is 13.8. The van der Waals surface area contributed by atoms with Crippen LogP contribution in [0.15, 0.2) is 45.3 Å². The number of hydrogen-bond donors (Lipinski definition) is 1. The summed E-state index contributed by atoms with van der Waals surface area (Å²) in [5.41, 5.74) is 0.465. The van der Waals surface area contributed by atoms with Gasteiger partial charge < -0.3 is 14.3 Å². The standard InChI is InChI=1S/C19H21FN4O2/c1-24-11-10-21-12-16(24)19-22-18(26-23-19)9-7-13-6-8-17(25-13)14-4-2-3-5-15(14)20/h2-6,8,16,21H,7,9-12H2,1H3. The van der Waals surface area contributed by atoms with Crippen LogP contribution in [0.5, 0.6) is 0 Å². The Morgan fingerprint density at radius 3 is 2.96 bits per heavy atom. The molecule has 1 N–H and O–H groups in total. The van der Waals surface area contributed by atoms with E-state index in [0.29, 0.717) is 35.9 Å². The third-order valence-electron chi connectivity index (χ3n) is 4.68. The van der Waals surface area contributed by atoms with Crippen molar-refractivity contribution in [2.75, 3.05) is 26.7 Å². The van der Waals surface area contributed by atoms with Crippen LogP contribution in [0.1, 0.15) is 23.5 Å². The topological polar surface area (TPSA) is 67.3 Å². The highest BCUT2D eigenvalue weighted by Crippen LogP contribution is 2.25. The number of piperazine rings is 1. The van der Waals surface area contributed by atoms with E-state index in [0.717, 1.165) is 25.4 Å². The first kappa shape index (κ1) is 16.9. The Hall–Kier alpha value is -2.51. The van der Waals surface area contributed by atoms with Gasteiger partial charge in [-0.15, -0.1) is 0 Å². The highest BCUT2D eigenvalue weighted by atomic mass is 19.1. The number of halogens is 1. The molecule has 3 aromatic rings. The number of likely N-dealkylation sites (N-methyl/N-ethyl adjacent to an activating group) is 1. The summed E-state index contributed by atoms with van der Waals surface area (Å²) in [5.74, 6) is 2.29. The van der Waals surface area contributed by atoms with Crippen molar-refractivity contribution in [1.29, 1.82) is 0 Å². The van der Waals surface area contributed by atoms with E-state index in [1.807, 2.05) is 6.07 Å². The number of nitrogens with zero attached hydrogens (tertiary/aromatic N) is 3. The van der Waals surface area contributed by atoms with Crippen LogP contribution in [0.3, 0.4) is 0 Å². The van der Waals surface area contributed by atoms with Gasteiger partial charge in [0.1, 0.15) is 17.3 Å². The molecule has 0 saturated carbocycles. The number of aryl methyl sites for hydroxylation is 2. The molecule has 1 saturated heterocycles. The third kappa shape index (κ3) is 3.54. The smallest absolute Gasteiger partial charge is 0.227 e. The number of hydrogen-bond acceptors (Lipinski definition) is 6. The lowest BCUT2D eigenvalue weighted by atomic mass is 10.1. The molecular formula is C19H21FN4O2. The number of aromatic nitrogens is 2. The Morgan fingerprint density at radius 1 is 1.23 bits per heavy atom. The van der Waals surface area contributed by atoms with Gasteiger partial charge >= 0.3 is 0 Å². The second-order valence-corrected chi connectivity index (χ2v) is 6.49. The molecule has 1 aliphatic rings. The second kappa shape index (κ2) is 7.39. The van der Waals surface area contributed by atoms with Gasteiger partial charge in [0, 0.05) is 32.5 Å². The van der Waals surface area contributed by atoms with Crippen LogP contribution in [0.4, 0.5) is 4.39 Å². The predicted molar refractivity (Wildman–Crippen MR) is 94.0 cm³/mol. The maximum Gasteiger partial charge on any atom is 0.227 e. The molecule has 0 amide bonds. The molecule has 2 aromatic heterocycles. The zero-order chi connectivity index (χ0) is 17.9. The third-order valence-corrected chi connectivity index (χ3v) is 4.68. The van der Waals surface area contributed by atoms with Gasteiger partial charge in [-0.25, -0.2) is 4.39 Å². The molecule has 1 fully saturated rings. The fourth-order valence-electron chi connectivity index (χ4n) is 3.15. The summed E-state index contributed by atoms with van der Waals surface area (Å²) in [6.07, 6.45) is 1.20. The van der Waals surface area contributed by atoms with Crippen LogP contribution in [0, 0.1) is 5.82 Å². The van der Waals surface area contributed by atoms with Gasteiger partial charge in [-0.1, -0.05) is 17.3 Å². The molecule has 136 valence electrons. The van der Waals surface area contributed by atoms with E-state index in [2.05, 4.69) is 27.4 Å². The minimum Gasteiger partial charge on any atom is -0.461 e. The molecule has 0 radical (unpaired) electrons. The minimum absolute atomic E-state index is 0.137. The van der Waals surface area contributed by atoms with Crippen molar-refractivity contribution >= 4 is 0 Å². The molecule has 0 spiro atoms. The van der Waals surface area contributed by atoms with Crippen molar-refractivity contribution < 1.29 is 13.3 Å². The molecule has 3 heterocycles. The Kier molecular flexibility index (Phi) is 4.81. The van der Waals surface area contributed by atoms with Crippen molar-refractivity contribution in [1.82, 2.24) is 20.4 Å². The van der Waals surface area contributed by atoms with Crippen molar-refractivity contribution in [3.8, 4) is 11.3 Å². The van der Waals surface area contributed by atoms with Crippen molar-refractivity contribution in [2.24, 2.45) is 0 Å². The van der Waals surface area contributed by atoms with E-state index in [1.165, 1.54) is 6.07 Å². The number of benzene rings is 1. The van der Waals surface area contributed by atoms with Gasteiger partial charge in [0.05, 0.1) is 11.6 Å². The minimum atomic E-state index is -0.292. The Balaban J connectivity index is 1.40. The summed E-state index contributed by atoms with van der Waals surface area (Å²) in [7, 11) is 2.06. The lowest BCUT2D eigenvalue weighted by molar-refractivity contribution is 0.190. The van der Waals surface area contributed by atoms with Gasteiger partial charge in [0.25, 0.3) is 0 Å². The molecule has 1 aromatic carbocycles. The van der Waals surface area contributed by atoms with E-state index in [-0.39, 0.29) is 11.9 Å². The largest absolute Gasteiger partial charge is 0.461 e. The Bertz CT molecular complexity index is 876. The highest BCUT2D eigenvalue weighted by molar-refractivity contribution is 5.58. The fraction of sp³-hybridized carbons (Fsp3) is 0.368. The molecule has 6 nitrogen and oxygen atoms in total. The van der Waals surface area contributed by atoms with Gasteiger partial charge in [-0.3, -0.25) is 4.90 Å². The van der Waals surface area contributed by atoms with Crippen LogP contribution in [0.25, 0.3) is 11.3 Å². The molecular weight excluding hydrogens is 335 g/mol. The average molecular weight is 356 g/mol. The van der Waals surface area contributed by atoms with E-state index < -0.39 is 0 Å². The van der Waals surface area contributed by atoms with E-state index in [1.54, 1.807) is 24.3 Å². The summed E-state index contributed by atoms with van der Waals surface area (Å²) in [5, 5.41) is 7.46. The van der Waals surface area contributed by atoms with E-state index >= 15 is 0 Å². The first-order chi connectivity index (χ1) is 12.7. The van der Waals surface area contributed by atoms with Crippen LogP contribution in [-0.2, 0) is 12.8 Å². The summed E-state index contributed by atoms with van der Waals surface area (Å²) < 4.78 is 25.0. The molecule has 1 unspecified atom stereocenters. The quantitative estimate of drug-likeness (QED) is 0.758. The normalized spacial score (nSPS) is 18.3. The molecule has 0 bridgehead atoms. The van der Waals surface area contributed by atoms with Gasteiger partial charge in [0.15, 0.2) is 5.82 Å². The Labute approximate surface area is 151 Å². The molecule has 4 rings (SSSR count). The lowest BCUT2D eigenvalue weighted by Crippen LogP contribution is -2.44. The number of furan rings is 1. The predicted octanol–water partition coefficient (Wildman–Crippen LogP) is 2.83. The summed E-state index contributed by atoms with van der Waals surface area (Å²) in [4.78, 5) is 6.74. The van der Waals surface area contributed by atoms with Crippen LogP contribution in [-0.4, -0.2) is 41.7 Å². The summed E-state index contributed by atoms with van der Waals surface area (Å²) in [6, 6.07) is 10.4. The number of rotatable bonds is 5. The fourth-order valence-corrected chi connectivity index (χ4v) is 3.15. The zero-order valence-corrected chi connectivity index (χ0v) is 14.6. The summed E-state index contributed by atoms with van der Waals surface area (Å²) >= 11 is 0.